The SMILES string of the molecule is O=C(c1cccc(F)c1)N(Cc1ccco1)Cc1cnc(S(=O)(=O)Cc2ccccc2)n1Cc1ccccc1. The van der Waals surface area contributed by atoms with Crippen molar-refractivity contribution in [1.82, 2.24) is 14.5 Å². The maximum Gasteiger partial charge on any atom is 0.254 e. The molecule has 0 saturated heterocycles. The number of carbonyl (C=O) groups is 1. The third kappa shape index (κ3) is 6.32. The molecule has 3 aromatic carbocycles. The van der Waals surface area contributed by atoms with Gasteiger partial charge in [-0.1, -0.05) is 66.7 Å². The molecule has 198 valence electrons. The molecule has 1 amide bonds. The quantitative estimate of drug-likeness (QED) is 0.233. The van der Waals surface area contributed by atoms with Crippen LogP contribution in [0.5, 0.6) is 0 Å². The third-order valence-corrected chi connectivity index (χ3v) is 7.80. The van der Waals surface area contributed by atoms with Crippen LogP contribution in [0.3, 0.4) is 0 Å². The van der Waals surface area contributed by atoms with Crippen LogP contribution in [0.4, 0.5) is 4.39 Å². The molecule has 39 heavy (non-hydrogen) atoms. The van der Waals surface area contributed by atoms with E-state index in [9.17, 15) is 17.6 Å². The van der Waals surface area contributed by atoms with Gasteiger partial charge in [-0.25, -0.2) is 17.8 Å². The Kier molecular flexibility index (Phi) is 7.69. The Balaban J connectivity index is 1.53. The molecule has 0 saturated carbocycles. The number of carbonyl (C=O) groups excluding carboxylic acids is 1. The highest BCUT2D eigenvalue weighted by Gasteiger charge is 2.27. The van der Waals surface area contributed by atoms with Crippen molar-refractivity contribution in [3.05, 3.63) is 143 Å². The fourth-order valence-electron chi connectivity index (χ4n) is 4.35. The first kappa shape index (κ1) is 26.1. The van der Waals surface area contributed by atoms with Gasteiger partial charge in [-0.3, -0.25) is 4.79 Å². The van der Waals surface area contributed by atoms with Gasteiger partial charge in [-0.15, -0.1) is 0 Å². The van der Waals surface area contributed by atoms with Crippen LogP contribution in [-0.4, -0.2) is 28.8 Å². The summed E-state index contributed by atoms with van der Waals surface area (Å²) in [5.41, 5.74) is 2.21. The largest absolute Gasteiger partial charge is 0.467 e. The van der Waals surface area contributed by atoms with E-state index in [-0.39, 0.29) is 36.1 Å². The lowest BCUT2D eigenvalue weighted by Gasteiger charge is -2.23. The Hall–Kier alpha value is -4.50. The number of hydrogen-bond acceptors (Lipinski definition) is 5. The summed E-state index contributed by atoms with van der Waals surface area (Å²) in [6.07, 6.45) is 2.99. The summed E-state index contributed by atoms with van der Waals surface area (Å²) in [4.78, 5) is 19.3. The van der Waals surface area contributed by atoms with Crippen LogP contribution < -0.4 is 0 Å². The normalized spacial score (nSPS) is 11.4. The van der Waals surface area contributed by atoms with Crippen molar-refractivity contribution in [2.75, 3.05) is 0 Å². The van der Waals surface area contributed by atoms with Crippen molar-refractivity contribution in [1.29, 1.82) is 0 Å². The second kappa shape index (κ2) is 11.5. The number of amides is 1. The minimum absolute atomic E-state index is 0.0245. The van der Waals surface area contributed by atoms with Crippen molar-refractivity contribution in [2.45, 2.75) is 30.5 Å². The van der Waals surface area contributed by atoms with Gasteiger partial charge in [0.2, 0.25) is 15.0 Å². The topological polar surface area (TPSA) is 85.4 Å². The van der Waals surface area contributed by atoms with Crippen molar-refractivity contribution in [3.63, 3.8) is 0 Å². The summed E-state index contributed by atoms with van der Waals surface area (Å²) in [6, 6.07) is 27.3. The predicted octanol–water partition coefficient (Wildman–Crippen LogP) is 5.48. The molecule has 5 aromatic rings. The maximum atomic E-state index is 13.9. The number of sulfone groups is 1. The van der Waals surface area contributed by atoms with Gasteiger partial charge in [0.25, 0.3) is 5.91 Å². The van der Waals surface area contributed by atoms with Crippen LogP contribution in [0.15, 0.2) is 119 Å². The summed E-state index contributed by atoms with van der Waals surface area (Å²) in [5, 5.41) is -0.0821. The van der Waals surface area contributed by atoms with Gasteiger partial charge in [0.1, 0.15) is 11.6 Å². The van der Waals surface area contributed by atoms with E-state index in [0.717, 1.165) is 5.56 Å². The van der Waals surface area contributed by atoms with E-state index in [1.165, 1.54) is 41.6 Å². The summed E-state index contributed by atoms with van der Waals surface area (Å²) in [6.45, 7) is 0.365. The minimum Gasteiger partial charge on any atom is -0.467 e. The first-order valence-corrected chi connectivity index (χ1v) is 14.0. The number of aromatic nitrogens is 2. The van der Waals surface area contributed by atoms with Crippen LogP contribution >= 0.6 is 0 Å². The van der Waals surface area contributed by atoms with Gasteiger partial charge in [0.15, 0.2) is 0 Å². The summed E-state index contributed by atoms with van der Waals surface area (Å²) >= 11 is 0. The molecule has 0 fully saturated rings. The highest BCUT2D eigenvalue weighted by atomic mass is 32.2. The molecule has 0 aliphatic rings. The molecule has 0 radical (unpaired) electrons. The standard InChI is InChI=1S/C30H26FN3O4S/c31-26-14-7-13-25(17-26)29(35)33(21-28-15-8-16-38-28)20-27-18-32-30(34(27)19-23-9-3-1-4-10-23)39(36,37)22-24-11-5-2-6-12-24/h1-18H,19-22H2. The zero-order chi connectivity index (χ0) is 27.2. The van der Waals surface area contributed by atoms with E-state index < -0.39 is 21.6 Å². The molecule has 5 rings (SSSR count). The average molecular weight is 544 g/mol. The van der Waals surface area contributed by atoms with E-state index >= 15 is 0 Å². The third-order valence-electron chi connectivity index (χ3n) is 6.20. The minimum atomic E-state index is -3.83. The van der Waals surface area contributed by atoms with Gasteiger partial charge < -0.3 is 13.9 Å². The summed E-state index contributed by atoms with van der Waals surface area (Å²) < 4.78 is 48.1. The fraction of sp³-hybridized carbons (Fsp3) is 0.133. The van der Waals surface area contributed by atoms with Gasteiger partial charge in [-0.2, -0.15) is 0 Å². The molecule has 0 aliphatic carbocycles. The average Bonchev–Trinajstić information content (AvgIpc) is 3.59. The van der Waals surface area contributed by atoms with Crippen LogP contribution in [0.1, 0.15) is 32.9 Å². The second-order valence-corrected chi connectivity index (χ2v) is 11.0. The molecule has 7 nitrogen and oxygen atoms in total. The highest BCUT2D eigenvalue weighted by molar-refractivity contribution is 7.90. The summed E-state index contributed by atoms with van der Waals surface area (Å²) in [7, 11) is -3.83. The van der Waals surface area contributed by atoms with Crippen molar-refractivity contribution in [2.24, 2.45) is 0 Å². The first-order chi connectivity index (χ1) is 18.9. The van der Waals surface area contributed by atoms with Crippen molar-refractivity contribution >= 4 is 15.7 Å². The van der Waals surface area contributed by atoms with E-state index in [1.54, 1.807) is 41.0 Å². The van der Waals surface area contributed by atoms with E-state index in [1.807, 2.05) is 36.4 Å². The molecule has 0 unspecified atom stereocenters. The number of imidazole rings is 1. The van der Waals surface area contributed by atoms with Crippen molar-refractivity contribution < 1.29 is 22.0 Å². The number of hydrogen-bond donors (Lipinski definition) is 0. The Bertz CT molecular complexity index is 1650. The van der Waals surface area contributed by atoms with Crippen LogP contribution in [0, 0.1) is 5.82 Å². The number of nitrogens with zero attached hydrogens (tertiary/aromatic N) is 3. The van der Waals surface area contributed by atoms with E-state index in [4.69, 9.17) is 4.42 Å². The molecular formula is C30H26FN3O4S. The molecule has 0 bridgehead atoms. The fourth-order valence-corrected chi connectivity index (χ4v) is 5.84. The van der Waals surface area contributed by atoms with Gasteiger partial charge >= 0.3 is 0 Å². The Labute approximate surface area is 226 Å². The van der Waals surface area contributed by atoms with Gasteiger partial charge in [-0.05, 0) is 41.5 Å². The van der Waals surface area contributed by atoms with Gasteiger partial charge in [0.05, 0.1) is 43.5 Å². The molecule has 9 heteroatoms. The van der Waals surface area contributed by atoms with E-state index in [0.29, 0.717) is 17.0 Å². The number of halogens is 1. The number of benzene rings is 3. The molecule has 0 aliphatic heterocycles. The Morgan fingerprint density at radius 2 is 1.59 bits per heavy atom. The first-order valence-electron chi connectivity index (χ1n) is 12.3. The number of furan rings is 1. The Morgan fingerprint density at radius 3 is 2.26 bits per heavy atom. The van der Waals surface area contributed by atoms with Crippen molar-refractivity contribution in [3.8, 4) is 0 Å². The smallest absolute Gasteiger partial charge is 0.254 e. The molecule has 2 heterocycles. The highest BCUT2D eigenvalue weighted by Crippen LogP contribution is 2.22. The molecule has 0 atom stereocenters. The molecule has 2 aromatic heterocycles. The lowest BCUT2D eigenvalue weighted by Crippen LogP contribution is -2.31. The van der Waals surface area contributed by atoms with Gasteiger partial charge in [0, 0.05) is 5.56 Å². The zero-order valence-corrected chi connectivity index (χ0v) is 21.8. The lowest BCUT2D eigenvalue weighted by molar-refractivity contribution is 0.0713. The predicted molar refractivity (Wildman–Crippen MR) is 144 cm³/mol. The van der Waals surface area contributed by atoms with Crippen LogP contribution in [0.2, 0.25) is 0 Å². The van der Waals surface area contributed by atoms with Crippen LogP contribution in [-0.2, 0) is 35.2 Å². The monoisotopic (exact) mass is 543 g/mol. The molecule has 0 N–H and O–H groups in total. The molecular weight excluding hydrogens is 517 g/mol. The van der Waals surface area contributed by atoms with Crippen LogP contribution in [0.25, 0.3) is 0 Å². The van der Waals surface area contributed by atoms with E-state index in [2.05, 4.69) is 4.98 Å². The maximum absolute atomic E-state index is 13.9. The second-order valence-electron chi connectivity index (χ2n) is 9.10. The molecule has 0 spiro atoms. The summed E-state index contributed by atoms with van der Waals surface area (Å²) in [5.74, 6) is -0.628. The zero-order valence-electron chi connectivity index (χ0n) is 21.0. The lowest BCUT2D eigenvalue weighted by atomic mass is 10.2. The Morgan fingerprint density at radius 1 is 0.872 bits per heavy atom. The number of rotatable bonds is 10.